The standard InChI is InChI=1S/C17H29N3/c1-13-6-7-14(2)16(10-13)17(18-4)12-20-9-8-19(5)15(3)11-20/h6-7,10,15,17-18H,8-9,11-12H2,1-5H3. The van der Waals surface area contributed by atoms with E-state index in [9.17, 15) is 0 Å². The zero-order valence-electron chi connectivity index (χ0n) is 13.6. The topological polar surface area (TPSA) is 18.5 Å². The van der Waals surface area contributed by atoms with Gasteiger partial charge < -0.3 is 10.2 Å². The summed E-state index contributed by atoms with van der Waals surface area (Å²) < 4.78 is 0. The largest absolute Gasteiger partial charge is 0.312 e. The summed E-state index contributed by atoms with van der Waals surface area (Å²) in [6, 6.07) is 7.84. The maximum Gasteiger partial charge on any atom is 0.0449 e. The minimum absolute atomic E-state index is 0.422. The van der Waals surface area contributed by atoms with Gasteiger partial charge in [-0.15, -0.1) is 0 Å². The average molecular weight is 275 g/mol. The molecule has 1 fully saturated rings. The molecule has 3 heteroatoms. The number of nitrogens with one attached hydrogen (secondary N) is 1. The van der Waals surface area contributed by atoms with Gasteiger partial charge in [-0.05, 0) is 46.0 Å². The molecule has 1 aromatic carbocycles. The summed E-state index contributed by atoms with van der Waals surface area (Å²) in [7, 11) is 4.30. The minimum Gasteiger partial charge on any atom is -0.312 e. The van der Waals surface area contributed by atoms with Crippen molar-refractivity contribution in [2.45, 2.75) is 32.9 Å². The molecule has 0 aliphatic carbocycles. The van der Waals surface area contributed by atoms with E-state index in [2.05, 4.69) is 68.2 Å². The zero-order valence-corrected chi connectivity index (χ0v) is 13.6. The van der Waals surface area contributed by atoms with Gasteiger partial charge in [0.1, 0.15) is 0 Å². The van der Waals surface area contributed by atoms with E-state index >= 15 is 0 Å². The van der Waals surface area contributed by atoms with Crippen LogP contribution >= 0.6 is 0 Å². The second kappa shape index (κ2) is 6.70. The molecule has 1 saturated heterocycles. The number of rotatable bonds is 4. The fourth-order valence-electron chi connectivity index (χ4n) is 3.03. The lowest BCUT2D eigenvalue weighted by molar-refractivity contribution is 0.0976. The first kappa shape index (κ1) is 15.5. The van der Waals surface area contributed by atoms with Gasteiger partial charge in [-0.25, -0.2) is 0 Å². The normalized spacial score (nSPS) is 22.9. The molecule has 0 amide bonds. The maximum absolute atomic E-state index is 3.50. The van der Waals surface area contributed by atoms with Crippen molar-refractivity contribution in [2.24, 2.45) is 0 Å². The summed E-state index contributed by atoms with van der Waals surface area (Å²) in [5.74, 6) is 0. The first-order valence-corrected chi connectivity index (χ1v) is 7.68. The molecule has 1 N–H and O–H groups in total. The van der Waals surface area contributed by atoms with Crippen LogP contribution in [0, 0.1) is 13.8 Å². The molecule has 2 unspecified atom stereocenters. The Bertz CT molecular complexity index is 444. The molecule has 0 bridgehead atoms. The van der Waals surface area contributed by atoms with Crippen molar-refractivity contribution in [1.29, 1.82) is 0 Å². The highest BCUT2D eigenvalue weighted by Gasteiger charge is 2.23. The number of aryl methyl sites for hydroxylation is 2. The molecule has 1 heterocycles. The molecule has 1 aliphatic rings. The summed E-state index contributed by atoms with van der Waals surface area (Å²) in [5.41, 5.74) is 4.17. The SMILES string of the molecule is CNC(CN1CCN(C)C(C)C1)c1cc(C)ccc1C. The van der Waals surface area contributed by atoms with Gasteiger partial charge in [0.25, 0.3) is 0 Å². The molecule has 2 atom stereocenters. The van der Waals surface area contributed by atoms with Crippen LogP contribution in [0.2, 0.25) is 0 Å². The second-order valence-corrected chi connectivity index (χ2v) is 6.29. The molecule has 0 radical (unpaired) electrons. The fraction of sp³-hybridized carbons (Fsp3) is 0.647. The third-order valence-electron chi connectivity index (χ3n) is 4.64. The third-order valence-corrected chi connectivity index (χ3v) is 4.64. The predicted molar refractivity (Wildman–Crippen MR) is 86.2 cm³/mol. The van der Waals surface area contributed by atoms with Gasteiger partial charge in [0.15, 0.2) is 0 Å². The molecule has 20 heavy (non-hydrogen) atoms. The summed E-state index contributed by atoms with van der Waals surface area (Å²) in [4.78, 5) is 5.04. The fourth-order valence-corrected chi connectivity index (χ4v) is 3.03. The van der Waals surface area contributed by atoms with Crippen molar-refractivity contribution in [2.75, 3.05) is 40.3 Å². The van der Waals surface area contributed by atoms with E-state index in [1.807, 2.05) is 0 Å². The van der Waals surface area contributed by atoms with Crippen LogP contribution in [0.3, 0.4) is 0 Å². The number of piperazine rings is 1. The van der Waals surface area contributed by atoms with E-state index in [0.717, 1.165) is 6.54 Å². The Morgan fingerprint density at radius 3 is 2.70 bits per heavy atom. The van der Waals surface area contributed by atoms with Crippen LogP contribution in [-0.4, -0.2) is 56.1 Å². The molecular formula is C17H29N3. The van der Waals surface area contributed by atoms with Crippen molar-refractivity contribution >= 4 is 0 Å². The summed E-state index contributed by atoms with van der Waals surface area (Å²) in [5, 5.41) is 3.50. The molecule has 2 rings (SSSR count). The Morgan fingerprint density at radius 1 is 1.30 bits per heavy atom. The average Bonchev–Trinajstić information content (AvgIpc) is 2.43. The molecule has 0 spiro atoms. The summed E-state index contributed by atoms with van der Waals surface area (Å²) in [6.07, 6.45) is 0. The van der Waals surface area contributed by atoms with Gasteiger partial charge in [0.05, 0.1) is 0 Å². The van der Waals surface area contributed by atoms with E-state index < -0.39 is 0 Å². The summed E-state index contributed by atoms with van der Waals surface area (Å²) in [6.45, 7) is 11.3. The Kier molecular flexibility index (Phi) is 5.19. The van der Waals surface area contributed by atoms with E-state index in [1.54, 1.807) is 0 Å². The Labute approximate surface area is 124 Å². The highest BCUT2D eigenvalue weighted by Crippen LogP contribution is 2.21. The van der Waals surface area contributed by atoms with Crippen LogP contribution in [0.4, 0.5) is 0 Å². The molecule has 3 nitrogen and oxygen atoms in total. The van der Waals surface area contributed by atoms with Gasteiger partial charge in [0.2, 0.25) is 0 Å². The minimum atomic E-state index is 0.422. The van der Waals surface area contributed by atoms with Crippen molar-refractivity contribution < 1.29 is 0 Å². The Balaban J connectivity index is 2.07. The molecule has 1 aliphatic heterocycles. The molecule has 1 aromatic rings. The Morgan fingerprint density at radius 2 is 2.05 bits per heavy atom. The van der Waals surface area contributed by atoms with E-state index in [4.69, 9.17) is 0 Å². The Hall–Kier alpha value is -0.900. The highest BCUT2D eigenvalue weighted by atomic mass is 15.3. The zero-order chi connectivity index (χ0) is 14.7. The van der Waals surface area contributed by atoms with Gasteiger partial charge in [-0.3, -0.25) is 4.90 Å². The van der Waals surface area contributed by atoms with Crippen LogP contribution in [0.15, 0.2) is 18.2 Å². The van der Waals surface area contributed by atoms with Gasteiger partial charge in [-0.2, -0.15) is 0 Å². The van der Waals surface area contributed by atoms with Gasteiger partial charge >= 0.3 is 0 Å². The lowest BCUT2D eigenvalue weighted by Gasteiger charge is -2.39. The van der Waals surface area contributed by atoms with Gasteiger partial charge in [-0.1, -0.05) is 23.8 Å². The van der Waals surface area contributed by atoms with Crippen LogP contribution in [0.25, 0.3) is 0 Å². The van der Waals surface area contributed by atoms with Crippen molar-refractivity contribution in [3.63, 3.8) is 0 Å². The molecule has 0 aromatic heterocycles. The number of benzene rings is 1. The lowest BCUT2D eigenvalue weighted by atomic mass is 9.98. The number of nitrogens with zero attached hydrogens (tertiary/aromatic N) is 2. The first-order valence-electron chi connectivity index (χ1n) is 7.68. The molecule has 112 valence electrons. The van der Waals surface area contributed by atoms with Crippen LogP contribution in [0.5, 0.6) is 0 Å². The predicted octanol–water partition coefficient (Wildman–Crippen LogP) is 2.20. The number of likely N-dealkylation sites (N-methyl/N-ethyl adjacent to an activating group) is 2. The monoisotopic (exact) mass is 275 g/mol. The van der Waals surface area contributed by atoms with Crippen molar-refractivity contribution in [1.82, 2.24) is 15.1 Å². The number of hydrogen-bond acceptors (Lipinski definition) is 3. The van der Waals surface area contributed by atoms with E-state index in [1.165, 1.54) is 36.3 Å². The van der Waals surface area contributed by atoms with Crippen LogP contribution in [-0.2, 0) is 0 Å². The first-order chi connectivity index (χ1) is 9.51. The smallest absolute Gasteiger partial charge is 0.0449 e. The van der Waals surface area contributed by atoms with Crippen LogP contribution < -0.4 is 5.32 Å². The van der Waals surface area contributed by atoms with Crippen molar-refractivity contribution in [3.05, 3.63) is 34.9 Å². The maximum atomic E-state index is 3.50. The number of hydrogen-bond donors (Lipinski definition) is 1. The summed E-state index contributed by atoms with van der Waals surface area (Å²) >= 11 is 0. The lowest BCUT2D eigenvalue weighted by Crippen LogP contribution is -2.51. The van der Waals surface area contributed by atoms with Crippen LogP contribution in [0.1, 0.15) is 29.7 Å². The highest BCUT2D eigenvalue weighted by molar-refractivity contribution is 5.33. The van der Waals surface area contributed by atoms with Crippen molar-refractivity contribution in [3.8, 4) is 0 Å². The van der Waals surface area contributed by atoms with Gasteiger partial charge in [0, 0.05) is 38.3 Å². The third kappa shape index (κ3) is 3.60. The molecule has 0 saturated carbocycles. The second-order valence-electron chi connectivity index (χ2n) is 6.29. The van der Waals surface area contributed by atoms with E-state index in [0.29, 0.717) is 12.1 Å². The van der Waals surface area contributed by atoms with E-state index in [-0.39, 0.29) is 0 Å². The quantitative estimate of drug-likeness (QED) is 0.909. The molecular weight excluding hydrogens is 246 g/mol.